The number of imide groups is 1. The SMILES string of the molecule is CNC(=O)Nc1ccc2c(c1)OCCC21OC(=O)N(CC(=O)N2CCCc3cc(F)ccc3C2)C1=O. The van der Waals surface area contributed by atoms with Crippen molar-refractivity contribution in [3.63, 3.8) is 0 Å². The molecule has 0 aliphatic carbocycles. The number of halogens is 1. The maximum atomic E-state index is 13.6. The maximum absolute atomic E-state index is 13.6. The number of fused-ring (bicyclic) bond motifs is 3. The van der Waals surface area contributed by atoms with Gasteiger partial charge in [0.25, 0.3) is 5.91 Å². The molecule has 10 nitrogen and oxygen atoms in total. The largest absolute Gasteiger partial charge is 0.493 e. The molecule has 2 aromatic rings. The van der Waals surface area contributed by atoms with Crippen molar-refractivity contribution in [2.75, 3.05) is 32.1 Å². The Morgan fingerprint density at radius 1 is 1.14 bits per heavy atom. The Hall–Kier alpha value is -4.15. The molecule has 0 aromatic heterocycles. The summed E-state index contributed by atoms with van der Waals surface area (Å²) < 4.78 is 24.9. The highest BCUT2D eigenvalue weighted by Crippen LogP contribution is 2.45. The first-order valence-electron chi connectivity index (χ1n) is 11.7. The zero-order chi connectivity index (χ0) is 25.4. The molecule has 2 N–H and O–H groups in total. The smallest absolute Gasteiger partial charge is 0.418 e. The molecule has 1 spiro atoms. The average Bonchev–Trinajstić information content (AvgIpc) is 3.00. The van der Waals surface area contributed by atoms with Gasteiger partial charge in [-0.15, -0.1) is 0 Å². The van der Waals surface area contributed by atoms with Crippen LogP contribution in [-0.4, -0.2) is 60.5 Å². The lowest BCUT2D eigenvalue weighted by Gasteiger charge is -2.32. The third kappa shape index (κ3) is 4.10. The molecular formula is C25H25FN4O6. The fraction of sp³-hybridized carbons (Fsp3) is 0.360. The van der Waals surface area contributed by atoms with E-state index in [1.165, 1.54) is 19.2 Å². The summed E-state index contributed by atoms with van der Waals surface area (Å²) in [5.41, 5.74) is 0.892. The number of nitrogens with zero attached hydrogens (tertiary/aromatic N) is 2. The Labute approximate surface area is 206 Å². The van der Waals surface area contributed by atoms with E-state index < -0.39 is 36.1 Å². The minimum absolute atomic E-state index is 0.0974. The van der Waals surface area contributed by atoms with E-state index in [1.807, 2.05) is 0 Å². The van der Waals surface area contributed by atoms with Crippen LogP contribution < -0.4 is 15.4 Å². The number of urea groups is 1. The van der Waals surface area contributed by atoms with Gasteiger partial charge in [-0.25, -0.2) is 18.9 Å². The Balaban J connectivity index is 1.35. The van der Waals surface area contributed by atoms with Crippen LogP contribution in [0.4, 0.5) is 19.7 Å². The topological polar surface area (TPSA) is 117 Å². The van der Waals surface area contributed by atoms with E-state index in [0.717, 1.165) is 16.0 Å². The molecule has 3 aliphatic rings. The lowest BCUT2D eigenvalue weighted by atomic mass is 9.87. The van der Waals surface area contributed by atoms with Crippen LogP contribution in [0.15, 0.2) is 36.4 Å². The van der Waals surface area contributed by atoms with Crippen LogP contribution in [0.1, 0.15) is 29.5 Å². The number of carbonyl (C=O) groups is 4. The van der Waals surface area contributed by atoms with Crippen molar-refractivity contribution < 1.29 is 33.0 Å². The lowest BCUT2D eigenvalue weighted by Crippen LogP contribution is -2.46. The number of hydrogen-bond acceptors (Lipinski definition) is 6. The number of rotatable bonds is 3. The van der Waals surface area contributed by atoms with E-state index in [1.54, 1.807) is 29.2 Å². The van der Waals surface area contributed by atoms with Gasteiger partial charge in [-0.2, -0.15) is 0 Å². The van der Waals surface area contributed by atoms with Crippen molar-refractivity contribution in [1.82, 2.24) is 15.1 Å². The Morgan fingerprint density at radius 2 is 1.97 bits per heavy atom. The number of amides is 5. The molecule has 1 fully saturated rings. The van der Waals surface area contributed by atoms with Gasteiger partial charge in [-0.1, -0.05) is 6.07 Å². The molecule has 3 aliphatic heterocycles. The normalized spacial score (nSPS) is 20.7. The van der Waals surface area contributed by atoms with Gasteiger partial charge < -0.3 is 25.0 Å². The van der Waals surface area contributed by atoms with E-state index in [-0.39, 0.29) is 25.4 Å². The molecule has 5 amide bonds. The van der Waals surface area contributed by atoms with Crippen LogP contribution in [0.2, 0.25) is 0 Å². The molecule has 1 atom stereocenters. The number of hydrogen-bond donors (Lipinski definition) is 2. The van der Waals surface area contributed by atoms with Gasteiger partial charge in [0.1, 0.15) is 18.1 Å². The van der Waals surface area contributed by atoms with Crippen molar-refractivity contribution in [1.29, 1.82) is 0 Å². The molecule has 36 heavy (non-hydrogen) atoms. The first-order valence-corrected chi connectivity index (χ1v) is 11.7. The number of benzene rings is 2. The van der Waals surface area contributed by atoms with Crippen LogP contribution in [-0.2, 0) is 32.9 Å². The van der Waals surface area contributed by atoms with E-state index in [4.69, 9.17) is 9.47 Å². The molecule has 0 radical (unpaired) electrons. The quantitative estimate of drug-likeness (QED) is 0.675. The molecule has 3 heterocycles. The second kappa shape index (κ2) is 9.14. The number of nitrogens with one attached hydrogen (secondary N) is 2. The van der Waals surface area contributed by atoms with Crippen molar-refractivity contribution in [2.24, 2.45) is 0 Å². The molecule has 0 saturated carbocycles. The standard InChI is InChI=1S/C25H25FN4O6/c1-27-23(33)28-18-6-7-19-20(12-18)35-10-8-25(19)22(32)30(24(34)36-25)14-21(31)29-9-2-3-15-11-17(26)5-4-16(15)13-29/h4-7,11-12H,2-3,8-10,13-14H2,1H3,(H2,27,28,33). The van der Waals surface area contributed by atoms with E-state index in [0.29, 0.717) is 36.4 Å². The summed E-state index contributed by atoms with van der Waals surface area (Å²) >= 11 is 0. The Morgan fingerprint density at radius 3 is 2.78 bits per heavy atom. The van der Waals surface area contributed by atoms with Gasteiger partial charge in [0.2, 0.25) is 11.5 Å². The van der Waals surface area contributed by atoms with Gasteiger partial charge in [0.05, 0.1) is 6.61 Å². The van der Waals surface area contributed by atoms with E-state index in [2.05, 4.69) is 10.6 Å². The van der Waals surface area contributed by atoms with Gasteiger partial charge >= 0.3 is 12.1 Å². The number of aryl methyl sites for hydroxylation is 1. The van der Waals surface area contributed by atoms with E-state index >= 15 is 0 Å². The highest BCUT2D eigenvalue weighted by atomic mass is 19.1. The molecule has 2 aromatic carbocycles. The summed E-state index contributed by atoms with van der Waals surface area (Å²) in [6, 6.07) is 8.78. The zero-order valence-electron chi connectivity index (χ0n) is 19.6. The molecule has 188 valence electrons. The predicted molar refractivity (Wildman–Crippen MR) is 125 cm³/mol. The highest BCUT2D eigenvalue weighted by Gasteiger charge is 2.58. The Bertz CT molecular complexity index is 1270. The van der Waals surface area contributed by atoms with Gasteiger partial charge in [0, 0.05) is 43.9 Å². The second-order valence-electron chi connectivity index (χ2n) is 8.93. The fourth-order valence-corrected chi connectivity index (χ4v) is 4.87. The van der Waals surface area contributed by atoms with Crippen molar-refractivity contribution >= 4 is 29.6 Å². The van der Waals surface area contributed by atoms with Gasteiger partial charge in [-0.05, 0) is 48.2 Å². The van der Waals surface area contributed by atoms with Crippen LogP contribution in [0, 0.1) is 5.82 Å². The monoisotopic (exact) mass is 496 g/mol. The molecular weight excluding hydrogens is 471 g/mol. The molecule has 11 heteroatoms. The molecule has 1 unspecified atom stereocenters. The fourth-order valence-electron chi connectivity index (χ4n) is 4.87. The molecule has 0 bridgehead atoms. The summed E-state index contributed by atoms with van der Waals surface area (Å²) in [7, 11) is 1.48. The van der Waals surface area contributed by atoms with Crippen LogP contribution >= 0.6 is 0 Å². The highest BCUT2D eigenvalue weighted by molar-refractivity contribution is 6.06. The van der Waals surface area contributed by atoms with Crippen LogP contribution in [0.3, 0.4) is 0 Å². The first kappa shape index (κ1) is 23.6. The summed E-state index contributed by atoms with van der Waals surface area (Å²) in [4.78, 5) is 53.5. The first-order chi connectivity index (χ1) is 17.3. The number of anilines is 1. The summed E-state index contributed by atoms with van der Waals surface area (Å²) in [6.07, 6.45) is 0.478. The lowest BCUT2D eigenvalue weighted by molar-refractivity contribution is -0.143. The number of ether oxygens (including phenoxy) is 2. The average molecular weight is 496 g/mol. The second-order valence-corrected chi connectivity index (χ2v) is 8.93. The minimum Gasteiger partial charge on any atom is -0.493 e. The van der Waals surface area contributed by atoms with Crippen molar-refractivity contribution in [3.05, 3.63) is 58.9 Å². The third-order valence-electron chi connectivity index (χ3n) is 6.74. The van der Waals surface area contributed by atoms with Gasteiger partial charge in [0.15, 0.2) is 0 Å². The van der Waals surface area contributed by atoms with Crippen molar-refractivity contribution in [3.8, 4) is 5.75 Å². The minimum atomic E-state index is -1.60. The molecule has 5 rings (SSSR count). The summed E-state index contributed by atoms with van der Waals surface area (Å²) in [5.74, 6) is -1.04. The van der Waals surface area contributed by atoms with Gasteiger partial charge in [-0.3, -0.25) is 9.59 Å². The summed E-state index contributed by atoms with van der Waals surface area (Å²) in [5, 5.41) is 5.07. The zero-order valence-corrected chi connectivity index (χ0v) is 19.6. The van der Waals surface area contributed by atoms with Crippen LogP contribution in [0.25, 0.3) is 0 Å². The van der Waals surface area contributed by atoms with Crippen molar-refractivity contribution in [2.45, 2.75) is 31.4 Å². The Kier molecular flexibility index (Phi) is 5.99. The number of carbonyl (C=O) groups excluding carboxylic acids is 4. The summed E-state index contributed by atoms with van der Waals surface area (Å²) in [6.45, 7) is 0.350. The third-order valence-corrected chi connectivity index (χ3v) is 6.74. The predicted octanol–water partition coefficient (Wildman–Crippen LogP) is 2.51. The van der Waals surface area contributed by atoms with E-state index in [9.17, 15) is 23.6 Å². The molecule has 1 saturated heterocycles. The maximum Gasteiger partial charge on any atom is 0.418 e. The van der Waals surface area contributed by atoms with Crippen LogP contribution in [0.5, 0.6) is 5.75 Å².